The number of nitrogens with one attached hydrogen (secondary N) is 1. The largest absolute Gasteiger partial charge is 0.494 e. The Labute approximate surface area is 139 Å². The Hall–Kier alpha value is -2.33. The summed E-state index contributed by atoms with van der Waals surface area (Å²) < 4.78 is 6.81. The molecule has 2 aromatic carbocycles. The molecule has 0 fully saturated rings. The Bertz CT molecular complexity index is 777. The minimum atomic E-state index is -0.0123. The Morgan fingerprint density at radius 2 is 2.00 bits per heavy atom. The molecule has 0 saturated heterocycles. The van der Waals surface area contributed by atoms with Crippen LogP contribution in [0.25, 0.3) is 10.1 Å². The van der Waals surface area contributed by atoms with Crippen LogP contribution in [0.4, 0.5) is 0 Å². The number of benzene rings is 2. The molecule has 0 unspecified atom stereocenters. The Morgan fingerprint density at radius 3 is 2.83 bits per heavy atom. The number of ether oxygens (including phenoxy) is 1. The highest BCUT2D eigenvalue weighted by atomic mass is 32.1. The van der Waals surface area contributed by atoms with Crippen molar-refractivity contribution in [2.45, 2.75) is 13.3 Å². The summed E-state index contributed by atoms with van der Waals surface area (Å²) in [6.07, 6.45) is 0.782. The fourth-order valence-corrected chi connectivity index (χ4v) is 3.33. The maximum absolute atomic E-state index is 12.2. The van der Waals surface area contributed by atoms with Crippen LogP contribution in [0.15, 0.2) is 54.6 Å². The van der Waals surface area contributed by atoms with Crippen LogP contribution in [-0.4, -0.2) is 19.1 Å². The van der Waals surface area contributed by atoms with Crippen LogP contribution in [0.2, 0.25) is 0 Å². The second-order valence-electron chi connectivity index (χ2n) is 5.42. The smallest absolute Gasteiger partial charge is 0.261 e. The summed E-state index contributed by atoms with van der Waals surface area (Å²) >= 11 is 1.52. The Balaban J connectivity index is 1.44. The van der Waals surface area contributed by atoms with Gasteiger partial charge in [-0.15, -0.1) is 11.3 Å². The standard InChI is InChI=1S/C19H19NO2S/c1-14-6-4-8-16(12-14)22-11-5-10-20-19(21)18-13-15-7-2-3-9-17(15)23-18/h2-4,6-9,12-13H,5,10-11H2,1H3,(H,20,21). The van der Waals surface area contributed by atoms with Crippen molar-refractivity contribution in [1.29, 1.82) is 0 Å². The number of fused-ring (bicyclic) bond motifs is 1. The molecule has 3 aromatic rings. The highest BCUT2D eigenvalue weighted by molar-refractivity contribution is 7.20. The van der Waals surface area contributed by atoms with Crippen LogP contribution in [0, 0.1) is 6.92 Å². The molecule has 0 aliphatic rings. The van der Waals surface area contributed by atoms with Gasteiger partial charge in [-0.2, -0.15) is 0 Å². The average molecular weight is 325 g/mol. The topological polar surface area (TPSA) is 38.3 Å². The van der Waals surface area contributed by atoms with Crippen molar-refractivity contribution in [2.24, 2.45) is 0 Å². The summed E-state index contributed by atoms with van der Waals surface area (Å²) in [4.78, 5) is 12.9. The Morgan fingerprint density at radius 1 is 1.13 bits per heavy atom. The number of thiophene rings is 1. The fraction of sp³-hybridized carbons (Fsp3) is 0.211. The van der Waals surface area contributed by atoms with Gasteiger partial charge in [-0.1, -0.05) is 30.3 Å². The van der Waals surface area contributed by atoms with Gasteiger partial charge >= 0.3 is 0 Å². The van der Waals surface area contributed by atoms with Gasteiger partial charge in [0.1, 0.15) is 5.75 Å². The van der Waals surface area contributed by atoms with E-state index < -0.39 is 0 Å². The van der Waals surface area contributed by atoms with E-state index in [1.165, 1.54) is 16.9 Å². The summed E-state index contributed by atoms with van der Waals surface area (Å²) in [5, 5.41) is 4.07. The molecule has 1 amide bonds. The van der Waals surface area contributed by atoms with Crippen molar-refractivity contribution in [3.8, 4) is 5.75 Å². The van der Waals surface area contributed by atoms with Gasteiger partial charge in [0, 0.05) is 11.2 Å². The summed E-state index contributed by atoms with van der Waals surface area (Å²) in [5.74, 6) is 0.864. The summed E-state index contributed by atoms with van der Waals surface area (Å²) in [7, 11) is 0. The van der Waals surface area contributed by atoms with Crippen molar-refractivity contribution < 1.29 is 9.53 Å². The lowest BCUT2D eigenvalue weighted by Gasteiger charge is -2.07. The zero-order valence-corrected chi connectivity index (χ0v) is 13.9. The van der Waals surface area contributed by atoms with Crippen molar-refractivity contribution in [3.05, 3.63) is 65.0 Å². The van der Waals surface area contributed by atoms with Crippen LogP contribution in [0.1, 0.15) is 21.7 Å². The molecule has 0 aliphatic heterocycles. The molecule has 3 rings (SSSR count). The van der Waals surface area contributed by atoms with Crippen LogP contribution in [0.3, 0.4) is 0 Å². The van der Waals surface area contributed by atoms with Gasteiger partial charge in [-0.3, -0.25) is 4.79 Å². The molecule has 0 aliphatic carbocycles. The molecular weight excluding hydrogens is 306 g/mol. The van der Waals surface area contributed by atoms with Crippen LogP contribution in [-0.2, 0) is 0 Å². The van der Waals surface area contributed by atoms with E-state index in [2.05, 4.69) is 5.32 Å². The molecule has 118 valence electrons. The third-order valence-electron chi connectivity index (χ3n) is 3.51. The van der Waals surface area contributed by atoms with E-state index in [0.717, 1.165) is 27.1 Å². The molecule has 1 heterocycles. The van der Waals surface area contributed by atoms with Crippen LogP contribution >= 0.6 is 11.3 Å². The minimum absolute atomic E-state index is 0.0123. The highest BCUT2D eigenvalue weighted by Gasteiger charge is 2.09. The third-order valence-corrected chi connectivity index (χ3v) is 4.63. The number of carbonyl (C=O) groups excluding carboxylic acids is 1. The summed E-state index contributed by atoms with van der Waals surface area (Å²) in [5.41, 5.74) is 1.18. The van der Waals surface area contributed by atoms with E-state index in [1.54, 1.807) is 0 Å². The highest BCUT2D eigenvalue weighted by Crippen LogP contribution is 2.25. The predicted molar refractivity (Wildman–Crippen MR) is 95.4 cm³/mol. The summed E-state index contributed by atoms with van der Waals surface area (Å²) in [6, 6.07) is 18.0. The molecular formula is C19H19NO2S. The SMILES string of the molecule is Cc1cccc(OCCCNC(=O)c2cc3ccccc3s2)c1. The molecule has 0 radical (unpaired) electrons. The molecule has 1 N–H and O–H groups in total. The number of amides is 1. The molecule has 4 heteroatoms. The van der Waals surface area contributed by atoms with E-state index in [1.807, 2.05) is 61.5 Å². The van der Waals surface area contributed by atoms with Crippen LogP contribution in [0.5, 0.6) is 5.75 Å². The van der Waals surface area contributed by atoms with Crippen molar-refractivity contribution in [3.63, 3.8) is 0 Å². The minimum Gasteiger partial charge on any atom is -0.494 e. The molecule has 3 nitrogen and oxygen atoms in total. The lowest BCUT2D eigenvalue weighted by atomic mass is 10.2. The molecule has 0 bridgehead atoms. The summed E-state index contributed by atoms with van der Waals surface area (Å²) in [6.45, 7) is 3.24. The first-order valence-electron chi connectivity index (χ1n) is 7.68. The van der Waals surface area contributed by atoms with Gasteiger partial charge in [0.25, 0.3) is 5.91 Å². The lowest BCUT2D eigenvalue weighted by molar-refractivity contribution is 0.0955. The van der Waals surface area contributed by atoms with E-state index in [-0.39, 0.29) is 5.91 Å². The van der Waals surface area contributed by atoms with Gasteiger partial charge < -0.3 is 10.1 Å². The molecule has 1 aromatic heterocycles. The van der Waals surface area contributed by atoms with E-state index >= 15 is 0 Å². The lowest BCUT2D eigenvalue weighted by Crippen LogP contribution is -2.24. The zero-order chi connectivity index (χ0) is 16.1. The number of hydrogen-bond acceptors (Lipinski definition) is 3. The second kappa shape index (κ2) is 7.29. The first kappa shape index (κ1) is 15.6. The van der Waals surface area contributed by atoms with E-state index in [4.69, 9.17) is 4.74 Å². The zero-order valence-electron chi connectivity index (χ0n) is 13.0. The maximum Gasteiger partial charge on any atom is 0.261 e. The number of aryl methyl sites for hydroxylation is 1. The second-order valence-corrected chi connectivity index (χ2v) is 6.51. The fourth-order valence-electron chi connectivity index (χ4n) is 2.35. The first-order chi connectivity index (χ1) is 11.2. The van der Waals surface area contributed by atoms with Crippen molar-refractivity contribution in [1.82, 2.24) is 5.32 Å². The van der Waals surface area contributed by atoms with Gasteiger partial charge in [-0.05, 0) is 48.6 Å². The third kappa shape index (κ3) is 4.11. The molecule has 0 atom stereocenters. The normalized spacial score (nSPS) is 10.7. The van der Waals surface area contributed by atoms with Crippen molar-refractivity contribution in [2.75, 3.05) is 13.2 Å². The predicted octanol–water partition coefficient (Wildman–Crippen LogP) is 4.41. The number of carbonyl (C=O) groups is 1. The van der Waals surface area contributed by atoms with Crippen LogP contribution < -0.4 is 10.1 Å². The maximum atomic E-state index is 12.2. The molecule has 0 spiro atoms. The van der Waals surface area contributed by atoms with Gasteiger partial charge in [0.05, 0.1) is 11.5 Å². The van der Waals surface area contributed by atoms with Crippen molar-refractivity contribution >= 4 is 27.3 Å². The monoisotopic (exact) mass is 325 g/mol. The number of rotatable bonds is 6. The average Bonchev–Trinajstić information content (AvgIpc) is 2.98. The van der Waals surface area contributed by atoms with Gasteiger partial charge in [0.15, 0.2) is 0 Å². The van der Waals surface area contributed by atoms with Gasteiger partial charge in [0.2, 0.25) is 0 Å². The molecule has 23 heavy (non-hydrogen) atoms. The van der Waals surface area contributed by atoms with E-state index in [0.29, 0.717) is 13.2 Å². The number of hydrogen-bond donors (Lipinski definition) is 1. The first-order valence-corrected chi connectivity index (χ1v) is 8.50. The molecule has 0 saturated carbocycles. The Kier molecular flexibility index (Phi) is 4.93. The van der Waals surface area contributed by atoms with Gasteiger partial charge in [-0.25, -0.2) is 0 Å². The quantitative estimate of drug-likeness (QED) is 0.682. The van der Waals surface area contributed by atoms with E-state index in [9.17, 15) is 4.79 Å².